The second kappa shape index (κ2) is 5.85. The summed E-state index contributed by atoms with van der Waals surface area (Å²) < 4.78 is 6.13. The zero-order chi connectivity index (χ0) is 13.0. The molecular weight excluding hydrogens is 222 g/mol. The van der Waals surface area contributed by atoms with E-state index in [1.807, 2.05) is 0 Å². The molecule has 1 aromatic rings. The second-order valence-electron chi connectivity index (χ2n) is 5.50. The number of morpholine rings is 1. The average molecular weight is 247 g/mol. The van der Waals surface area contributed by atoms with E-state index in [9.17, 15) is 0 Å². The Labute approximate surface area is 111 Å². The van der Waals surface area contributed by atoms with E-state index in [2.05, 4.69) is 56.4 Å². The Morgan fingerprint density at radius 2 is 2.00 bits per heavy atom. The van der Waals surface area contributed by atoms with Crippen molar-refractivity contribution in [2.45, 2.75) is 57.7 Å². The Balaban J connectivity index is 2.13. The first kappa shape index (κ1) is 13.6. The number of ether oxygens (including phenoxy) is 1. The minimum Gasteiger partial charge on any atom is -0.374 e. The Kier molecular flexibility index (Phi) is 4.41. The molecule has 1 aromatic carbocycles. The van der Waals surface area contributed by atoms with E-state index < -0.39 is 0 Å². The van der Waals surface area contributed by atoms with E-state index in [1.54, 1.807) is 0 Å². The highest BCUT2D eigenvalue weighted by atomic mass is 16.5. The van der Waals surface area contributed by atoms with Gasteiger partial charge in [0.05, 0.1) is 18.2 Å². The molecule has 1 aliphatic rings. The summed E-state index contributed by atoms with van der Waals surface area (Å²) in [6.45, 7) is 7.47. The van der Waals surface area contributed by atoms with Gasteiger partial charge in [0.25, 0.3) is 0 Å². The fourth-order valence-electron chi connectivity index (χ4n) is 2.84. The fraction of sp³-hybridized carbons (Fsp3) is 0.625. The number of hydrogen-bond acceptors (Lipinski definition) is 2. The molecule has 1 aliphatic heterocycles. The van der Waals surface area contributed by atoms with Gasteiger partial charge in [-0.15, -0.1) is 0 Å². The van der Waals surface area contributed by atoms with Crippen LogP contribution in [0.5, 0.6) is 0 Å². The lowest BCUT2D eigenvalue weighted by molar-refractivity contribution is -0.0641. The van der Waals surface area contributed by atoms with Crippen LogP contribution in [-0.2, 0) is 10.3 Å². The smallest absolute Gasteiger partial charge is 0.0729 e. The van der Waals surface area contributed by atoms with Crippen molar-refractivity contribution in [3.63, 3.8) is 0 Å². The highest BCUT2D eigenvalue weighted by Gasteiger charge is 2.37. The third-order valence-corrected chi connectivity index (χ3v) is 3.96. The molecule has 3 atom stereocenters. The molecule has 100 valence electrons. The van der Waals surface area contributed by atoms with Gasteiger partial charge in [-0.1, -0.05) is 50.6 Å². The lowest BCUT2D eigenvalue weighted by Crippen LogP contribution is -2.58. The molecule has 0 saturated carbocycles. The zero-order valence-electron chi connectivity index (χ0n) is 11.8. The Morgan fingerprint density at radius 3 is 2.61 bits per heavy atom. The van der Waals surface area contributed by atoms with Gasteiger partial charge < -0.3 is 10.1 Å². The first-order valence-electron chi connectivity index (χ1n) is 7.14. The molecule has 0 amide bonds. The molecule has 3 unspecified atom stereocenters. The minimum absolute atomic E-state index is 0.0494. The molecule has 1 N–H and O–H groups in total. The first-order chi connectivity index (χ1) is 8.69. The van der Waals surface area contributed by atoms with Crippen LogP contribution >= 0.6 is 0 Å². The summed E-state index contributed by atoms with van der Waals surface area (Å²) in [7, 11) is 0. The summed E-state index contributed by atoms with van der Waals surface area (Å²) in [6, 6.07) is 11.1. The number of nitrogens with one attached hydrogen (secondary N) is 1. The van der Waals surface area contributed by atoms with Gasteiger partial charge in [-0.3, -0.25) is 0 Å². The molecule has 0 aromatic heterocycles. The summed E-state index contributed by atoms with van der Waals surface area (Å²) in [5.41, 5.74) is 1.27. The van der Waals surface area contributed by atoms with Crippen molar-refractivity contribution < 1.29 is 4.74 Å². The summed E-state index contributed by atoms with van der Waals surface area (Å²) in [4.78, 5) is 0. The van der Waals surface area contributed by atoms with Crippen LogP contribution in [0.3, 0.4) is 0 Å². The highest BCUT2D eigenvalue weighted by molar-refractivity contribution is 5.24. The van der Waals surface area contributed by atoms with Gasteiger partial charge in [-0.05, 0) is 25.3 Å². The molecule has 0 spiro atoms. The van der Waals surface area contributed by atoms with Crippen LogP contribution in [0.2, 0.25) is 0 Å². The first-order valence-corrected chi connectivity index (χ1v) is 7.14. The van der Waals surface area contributed by atoms with E-state index in [0.29, 0.717) is 12.1 Å². The van der Waals surface area contributed by atoms with Gasteiger partial charge in [0.1, 0.15) is 0 Å². The molecule has 0 radical (unpaired) electrons. The van der Waals surface area contributed by atoms with Crippen molar-refractivity contribution in [2.75, 3.05) is 6.61 Å². The molecule has 0 aliphatic carbocycles. The van der Waals surface area contributed by atoms with Gasteiger partial charge in [-0.25, -0.2) is 0 Å². The molecule has 1 fully saturated rings. The molecule has 2 heteroatoms. The Bertz CT molecular complexity index is 365. The Hall–Kier alpha value is -0.860. The molecule has 0 bridgehead atoms. The third kappa shape index (κ3) is 2.76. The molecule has 1 saturated heterocycles. The largest absolute Gasteiger partial charge is 0.374 e. The van der Waals surface area contributed by atoms with Crippen LogP contribution in [0.1, 0.15) is 45.6 Å². The molecule has 2 rings (SSSR count). The maximum Gasteiger partial charge on any atom is 0.0729 e. The van der Waals surface area contributed by atoms with Crippen LogP contribution < -0.4 is 5.32 Å². The highest BCUT2D eigenvalue weighted by Crippen LogP contribution is 2.29. The lowest BCUT2D eigenvalue weighted by atomic mass is 9.88. The lowest BCUT2D eigenvalue weighted by Gasteiger charge is -2.44. The van der Waals surface area contributed by atoms with Crippen molar-refractivity contribution in [2.24, 2.45) is 0 Å². The van der Waals surface area contributed by atoms with Crippen molar-refractivity contribution in [1.29, 1.82) is 0 Å². The van der Waals surface area contributed by atoms with Crippen molar-refractivity contribution >= 4 is 0 Å². The summed E-state index contributed by atoms with van der Waals surface area (Å²) in [6.07, 6.45) is 3.82. The van der Waals surface area contributed by atoms with E-state index >= 15 is 0 Å². The van der Waals surface area contributed by atoms with Crippen LogP contribution in [0.25, 0.3) is 0 Å². The quantitative estimate of drug-likeness (QED) is 0.879. The number of rotatable bonds is 4. The summed E-state index contributed by atoms with van der Waals surface area (Å²) in [5.74, 6) is 0. The van der Waals surface area contributed by atoms with E-state index in [1.165, 1.54) is 12.0 Å². The van der Waals surface area contributed by atoms with Crippen LogP contribution in [0.15, 0.2) is 30.3 Å². The van der Waals surface area contributed by atoms with Gasteiger partial charge in [0.2, 0.25) is 0 Å². The summed E-state index contributed by atoms with van der Waals surface area (Å²) >= 11 is 0. The maximum atomic E-state index is 6.13. The van der Waals surface area contributed by atoms with E-state index in [4.69, 9.17) is 4.74 Å². The number of benzene rings is 1. The second-order valence-corrected chi connectivity index (χ2v) is 5.50. The molecule has 2 nitrogen and oxygen atoms in total. The summed E-state index contributed by atoms with van der Waals surface area (Å²) in [5, 5.41) is 3.81. The topological polar surface area (TPSA) is 21.3 Å². The van der Waals surface area contributed by atoms with Crippen LogP contribution in [0, 0.1) is 0 Å². The molecule has 1 heterocycles. The standard InChI is InChI=1S/C16H25NO/c1-4-9-15-14(5-2)17-16(3,12-18-15)13-10-7-6-8-11-13/h6-8,10-11,14-15,17H,4-5,9,12H2,1-3H3. The van der Waals surface area contributed by atoms with Crippen LogP contribution in [0.4, 0.5) is 0 Å². The van der Waals surface area contributed by atoms with E-state index in [-0.39, 0.29) is 5.54 Å². The zero-order valence-corrected chi connectivity index (χ0v) is 11.8. The molecular formula is C16H25NO. The Morgan fingerprint density at radius 1 is 1.28 bits per heavy atom. The van der Waals surface area contributed by atoms with Gasteiger partial charge >= 0.3 is 0 Å². The molecule has 18 heavy (non-hydrogen) atoms. The number of hydrogen-bond donors (Lipinski definition) is 1. The normalized spacial score (nSPS) is 32.4. The van der Waals surface area contributed by atoms with Gasteiger partial charge in [0, 0.05) is 6.04 Å². The predicted molar refractivity (Wildman–Crippen MR) is 75.7 cm³/mol. The van der Waals surface area contributed by atoms with Crippen molar-refractivity contribution in [1.82, 2.24) is 5.32 Å². The van der Waals surface area contributed by atoms with Gasteiger partial charge in [-0.2, -0.15) is 0 Å². The minimum atomic E-state index is -0.0494. The van der Waals surface area contributed by atoms with E-state index in [0.717, 1.165) is 19.4 Å². The van der Waals surface area contributed by atoms with Crippen molar-refractivity contribution in [3.8, 4) is 0 Å². The van der Waals surface area contributed by atoms with Crippen LogP contribution in [-0.4, -0.2) is 18.8 Å². The average Bonchev–Trinajstić information content (AvgIpc) is 2.42. The monoisotopic (exact) mass is 247 g/mol. The third-order valence-electron chi connectivity index (χ3n) is 3.96. The van der Waals surface area contributed by atoms with Gasteiger partial charge in [0.15, 0.2) is 0 Å². The fourth-order valence-corrected chi connectivity index (χ4v) is 2.84. The maximum absolute atomic E-state index is 6.13. The predicted octanol–water partition coefficient (Wildman–Crippen LogP) is 3.47. The van der Waals surface area contributed by atoms with Crippen molar-refractivity contribution in [3.05, 3.63) is 35.9 Å². The SMILES string of the molecule is CCCC1OCC(C)(c2ccccc2)NC1CC.